The van der Waals surface area contributed by atoms with Crippen molar-refractivity contribution in [1.29, 1.82) is 0 Å². The van der Waals surface area contributed by atoms with Crippen LogP contribution in [0.1, 0.15) is 39.1 Å². The molecule has 0 aromatic carbocycles. The van der Waals surface area contributed by atoms with Crippen molar-refractivity contribution in [2.24, 2.45) is 0 Å². The van der Waals surface area contributed by atoms with E-state index in [2.05, 4.69) is 11.9 Å². The first-order valence-electron chi connectivity index (χ1n) is 4.90. The van der Waals surface area contributed by atoms with Crippen molar-refractivity contribution in [3.05, 3.63) is 18.2 Å². The van der Waals surface area contributed by atoms with E-state index >= 15 is 0 Å². The molecule has 1 N–H and O–H groups in total. The molecule has 0 saturated heterocycles. The fourth-order valence-corrected chi connectivity index (χ4v) is 1.52. The molecule has 0 aliphatic carbocycles. The fourth-order valence-electron chi connectivity index (χ4n) is 1.52. The third-order valence-corrected chi connectivity index (χ3v) is 2.48. The molecule has 0 aliphatic heterocycles. The predicted molar refractivity (Wildman–Crippen MR) is 52.6 cm³/mol. The van der Waals surface area contributed by atoms with Crippen LogP contribution in [0.15, 0.2) is 12.4 Å². The molecule has 1 rings (SSSR count). The second-order valence-electron chi connectivity index (χ2n) is 3.32. The van der Waals surface area contributed by atoms with Crippen molar-refractivity contribution in [1.82, 2.24) is 9.55 Å². The normalized spacial score (nSPS) is 15.7. The van der Waals surface area contributed by atoms with E-state index in [9.17, 15) is 5.11 Å². The van der Waals surface area contributed by atoms with Crippen molar-refractivity contribution >= 4 is 0 Å². The first-order chi connectivity index (χ1) is 6.20. The van der Waals surface area contributed by atoms with Crippen LogP contribution in [0, 0.1) is 0 Å². The third-order valence-electron chi connectivity index (χ3n) is 2.48. The summed E-state index contributed by atoms with van der Waals surface area (Å²) in [5, 5.41) is 9.67. The summed E-state index contributed by atoms with van der Waals surface area (Å²) in [5.41, 5.74) is 0. The van der Waals surface area contributed by atoms with Crippen LogP contribution in [-0.2, 0) is 6.42 Å². The van der Waals surface area contributed by atoms with Gasteiger partial charge in [0, 0.05) is 18.8 Å². The van der Waals surface area contributed by atoms with Crippen molar-refractivity contribution < 1.29 is 5.11 Å². The zero-order chi connectivity index (χ0) is 9.84. The van der Waals surface area contributed by atoms with Gasteiger partial charge in [-0.25, -0.2) is 4.98 Å². The van der Waals surface area contributed by atoms with Gasteiger partial charge in [0.25, 0.3) is 0 Å². The van der Waals surface area contributed by atoms with Gasteiger partial charge in [0.1, 0.15) is 5.82 Å². The van der Waals surface area contributed by atoms with Crippen LogP contribution in [0.25, 0.3) is 0 Å². The lowest BCUT2D eigenvalue weighted by molar-refractivity contribution is 0.115. The topological polar surface area (TPSA) is 38.0 Å². The number of aliphatic hydroxyl groups excluding tert-OH is 1. The quantitative estimate of drug-likeness (QED) is 0.770. The Bertz CT molecular complexity index is 257. The highest BCUT2D eigenvalue weighted by molar-refractivity contribution is 4.95. The number of imidazole rings is 1. The molecule has 2 unspecified atom stereocenters. The Morgan fingerprint density at radius 3 is 2.77 bits per heavy atom. The SMILES string of the molecule is CCc1nccn1C(C)C(O)CC. The van der Waals surface area contributed by atoms with E-state index in [1.165, 1.54) is 0 Å². The lowest BCUT2D eigenvalue weighted by Crippen LogP contribution is -2.21. The summed E-state index contributed by atoms with van der Waals surface area (Å²) < 4.78 is 2.05. The summed E-state index contributed by atoms with van der Waals surface area (Å²) in [6.45, 7) is 6.09. The summed E-state index contributed by atoms with van der Waals surface area (Å²) in [7, 11) is 0. The minimum atomic E-state index is -0.278. The Morgan fingerprint density at radius 1 is 1.54 bits per heavy atom. The maximum absolute atomic E-state index is 9.67. The van der Waals surface area contributed by atoms with Gasteiger partial charge in [0.15, 0.2) is 0 Å². The molecule has 0 aliphatic rings. The molecule has 1 aromatic rings. The van der Waals surface area contributed by atoms with Gasteiger partial charge in [-0.1, -0.05) is 13.8 Å². The molecule has 0 amide bonds. The van der Waals surface area contributed by atoms with E-state index in [1.54, 1.807) is 6.20 Å². The van der Waals surface area contributed by atoms with Crippen molar-refractivity contribution in [3.63, 3.8) is 0 Å². The summed E-state index contributed by atoms with van der Waals surface area (Å²) in [6.07, 6.45) is 5.13. The predicted octanol–water partition coefficient (Wildman–Crippen LogP) is 1.78. The van der Waals surface area contributed by atoms with Crippen LogP contribution >= 0.6 is 0 Å². The van der Waals surface area contributed by atoms with E-state index in [0.717, 1.165) is 18.7 Å². The first-order valence-corrected chi connectivity index (χ1v) is 4.90. The number of aryl methyl sites for hydroxylation is 1. The molecule has 1 aromatic heterocycles. The molecular weight excluding hydrogens is 164 g/mol. The molecule has 1 heterocycles. The molecule has 0 spiro atoms. The third kappa shape index (κ3) is 2.10. The average molecular weight is 182 g/mol. The Hall–Kier alpha value is -0.830. The van der Waals surface area contributed by atoms with E-state index in [0.29, 0.717) is 0 Å². The lowest BCUT2D eigenvalue weighted by Gasteiger charge is -2.20. The van der Waals surface area contributed by atoms with Gasteiger partial charge in [-0.2, -0.15) is 0 Å². The second kappa shape index (κ2) is 4.42. The summed E-state index contributed by atoms with van der Waals surface area (Å²) in [4.78, 5) is 4.22. The van der Waals surface area contributed by atoms with Crippen LogP contribution in [0.4, 0.5) is 0 Å². The molecule has 0 fully saturated rings. The van der Waals surface area contributed by atoms with Gasteiger partial charge >= 0.3 is 0 Å². The van der Waals surface area contributed by atoms with E-state index in [1.807, 2.05) is 24.6 Å². The molecular formula is C10H18N2O. The zero-order valence-electron chi connectivity index (χ0n) is 8.57. The van der Waals surface area contributed by atoms with Crippen LogP contribution in [0.2, 0.25) is 0 Å². The van der Waals surface area contributed by atoms with Crippen LogP contribution in [-0.4, -0.2) is 20.8 Å². The molecule has 0 radical (unpaired) electrons. The largest absolute Gasteiger partial charge is 0.391 e. The van der Waals surface area contributed by atoms with E-state index < -0.39 is 0 Å². The number of aromatic nitrogens is 2. The number of hydrogen-bond donors (Lipinski definition) is 1. The number of hydrogen-bond acceptors (Lipinski definition) is 2. The monoisotopic (exact) mass is 182 g/mol. The van der Waals surface area contributed by atoms with Crippen molar-refractivity contribution in [3.8, 4) is 0 Å². The second-order valence-corrected chi connectivity index (χ2v) is 3.32. The van der Waals surface area contributed by atoms with Crippen molar-refractivity contribution in [2.75, 3.05) is 0 Å². The first kappa shape index (κ1) is 10.3. The Kier molecular flexibility index (Phi) is 3.48. The highest BCUT2D eigenvalue weighted by Crippen LogP contribution is 2.15. The summed E-state index contributed by atoms with van der Waals surface area (Å²) in [6, 6.07) is 0.127. The maximum Gasteiger partial charge on any atom is 0.108 e. The maximum atomic E-state index is 9.67. The average Bonchev–Trinajstić information content (AvgIpc) is 2.62. The van der Waals surface area contributed by atoms with Gasteiger partial charge in [0.2, 0.25) is 0 Å². The minimum Gasteiger partial charge on any atom is -0.391 e. The summed E-state index contributed by atoms with van der Waals surface area (Å²) in [5.74, 6) is 1.04. The van der Waals surface area contributed by atoms with Gasteiger partial charge in [-0.3, -0.25) is 0 Å². The van der Waals surface area contributed by atoms with Gasteiger partial charge in [0.05, 0.1) is 12.1 Å². The van der Waals surface area contributed by atoms with Gasteiger partial charge < -0.3 is 9.67 Å². The fraction of sp³-hybridized carbons (Fsp3) is 0.700. The number of rotatable bonds is 4. The van der Waals surface area contributed by atoms with Crippen molar-refractivity contribution in [2.45, 2.75) is 45.8 Å². The Morgan fingerprint density at radius 2 is 2.23 bits per heavy atom. The highest BCUT2D eigenvalue weighted by atomic mass is 16.3. The molecule has 3 heteroatoms. The summed E-state index contributed by atoms with van der Waals surface area (Å²) >= 11 is 0. The van der Waals surface area contributed by atoms with Crippen LogP contribution < -0.4 is 0 Å². The molecule has 0 saturated carbocycles. The Balaban J connectivity index is 2.81. The molecule has 2 atom stereocenters. The van der Waals surface area contributed by atoms with E-state index in [4.69, 9.17) is 0 Å². The van der Waals surface area contributed by atoms with E-state index in [-0.39, 0.29) is 12.1 Å². The number of aliphatic hydroxyl groups is 1. The molecule has 13 heavy (non-hydrogen) atoms. The smallest absolute Gasteiger partial charge is 0.108 e. The molecule has 74 valence electrons. The van der Waals surface area contributed by atoms with Crippen LogP contribution in [0.3, 0.4) is 0 Å². The number of nitrogens with zero attached hydrogens (tertiary/aromatic N) is 2. The lowest BCUT2D eigenvalue weighted by atomic mass is 10.1. The molecule has 3 nitrogen and oxygen atoms in total. The minimum absolute atomic E-state index is 0.127. The standard InChI is InChI=1S/C10H18N2O/c1-4-9(13)8(3)12-7-6-11-10(12)5-2/h6-9,13H,4-5H2,1-3H3. The Labute approximate surface area is 79.4 Å². The molecule has 0 bridgehead atoms. The van der Waals surface area contributed by atoms with Gasteiger partial charge in [-0.05, 0) is 13.3 Å². The zero-order valence-corrected chi connectivity index (χ0v) is 8.57. The van der Waals surface area contributed by atoms with Gasteiger partial charge in [-0.15, -0.1) is 0 Å². The van der Waals surface area contributed by atoms with Crippen LogP contribution in [0.5, 0.6) is 0 Å². The highest BCUT2D eigenvalue weighted by Gasteiger charge is 2.15.